The van der Waals surface area contributed by atoms with Crippen LogP contribution in [0.1, 0.15) is 35.7 Å². The minimum Gasteiger partial charge on any atom is -0.292 e. The van der Waals surface area contributed by atoms with Gasteiger partial charge < -0.3 is 0 Å². The van der Waals surface area contributed by atoms with E-state index in [4.69, 9.17) is 0 Å². The minimum absolute atomic E-state index is 0.145. The molecule has 0 saturated heterocycles. The number of nitrogens with zero attached hydrogens (tertiary/aromatic N) is 1. The minimum atomic E-state index is -0.282. The predicted octanol–water partition coefficient (Wildman–Crippen LogP) is 3.91. The lowest BCUT2D eigenvalue weighted by Crippen LogP contribution is -2.23. The first kappa shape index (κ1) is 13.3. The summed E-state index contributed by atoms with van der Waals surface area (Å²) in [6.45, 7) is 4.12. The van der Waals surface area contributed by atoms with Crippen LogP contribution < -0.4 is 5.32 Å². The van der Waals surface area contributed by atoms with Crippen molar-refractivity contribution in [2.24, 2.45) is 0 Å². The van der Waals surface area contributed by atoms with Crippen molar-refractivity contribution in [1.82, 2.24) is 5.32 Å². The summed E-state index contributed by atoms with van der Waals surface area (Å²) in [6, 6.07) is 20.4. The molecule has 2 rings (SSSR count). The molecule has 0 heterocycles. The van der Waals surface area contributed by atoms with Crippen molar-refractivity contribution in [2.75, 3.05) is 0 Å². The van der Waals surface area contributed by atoms with Crippen LogP contribution in [0.2, 0.25) is 0 Å². The molecule has 0 spiro atoms. The van der Waals surface area contributed by atoms with Gasteiger partial charge in [0, 0.05) is 6.04 Å². The molecule has 0 saturated carbocycles. The van der Waals surface area contributed by atoms with E-state index in [9.17, 15) is 5.26 Å². The fraction of sp³-hybridized carbons (Fsp3) is 0.235. The third kappa shape index (κ3) is 3.43. The van der Waals surface area contributed by atoms with Gasteiger partial charge in [-0.3, -0.25) is 5.32 Å². The summed E-state index contributed by atoms with van der Waals surface area (Å²) >= 11 is 0. The number of nitrogens with one attached hydrogen (secondary N) is 1. The maximum absolute atomic E-state index is 9.35. The summed E-state index contributed by atoms with van der Waals surface area (Å²) in [7, 11) is 0. The second-order valence-electron chi connectivity index (χ2n) is 4.78. The zero-order valence-electron chi connectivity index (χ0n) is 11.3. The average molecular weight is 250 g/mol. The average Bonchev–Trinajstić information content (AvgIpc) is 2.45. The molecule has 2 heteroatoms. The highest BCUT2D eigenvalue weighted by Gasteiger charge is 2.14. The highest BCUT2D eigenvalue weighted by atomic mass is 14.9. The van der Waals surface area contributed by atoms with Crippen molar-refractivity contribution >= 4 is 0 Å². The Hall–Kier alpha value is -2.11. The predicted molar refractivity (Wildman–Crippen MR) is 77.5 cm³/mol. The van der Waals surface area contributed by atoms with Gasteiger partial charge in [-0.2, -0.15) is 5.26 Å². The molecule has 0 aliphatic heterocycles. The van der Waals surface area contributed by atoms with Crippen molar-refractivity contribution < 1.29 is 0 Å². The van der Waals surface area contributed by atoms with Crippen LogP contribution in [0.5, 0.6) is 0 Å². The fourth-order valence-corrected chi connectivity index (χ4v) is 2.15. The summed E-state index contributed by atoms with van der Waals surface area (Å²) in [6.07, 6.45) is 0. The molecule has 0 aliphatic rings. The second-order valence-corrected chi connectivity index (χ2v) is 4.78. The Morgan fingerprint density at radius 3 is 2.32 bits per heavy atom. The quantitative estimate of drug-likeness (QED) is 0.893. The van der Waals surface area contributed by atoms with Crippen LogP contribution in [0.15, 0.2) is 54.6 Å². The molecule has 2 aromatic rings. The number of hydrogen-bond acceptors (Lipinski definition) is 2. The van der Waals surface area contributed by atoms with Crippen molar-refractivity contribution in [3.05, 3.63) is 71.3 Å². The molecule has 0 fully saturated rings. The van der Waals surface area contributed by atoms with Gasteiger partial charge in [-0.15, -0.1) is 0 Å². The molecule has 19 heavy (non-hydrogen) atoms. The van der Waals surface area contributed by atoms with Gasteiger partial charge in [0.25, 0.3) is 0 Å². The van der Waals surface area contributed by atoms with Gasteiger partial charge in [-0.05, 0) is 25.0 Å². The Morgan fingerprint density at radius 2 is 1.68 bits per heavy atom. The molecule has 0 unspecified atom stereocenters. The lowest BCUT2D eigenvalue weighted by molar-refractivity contribution is 0.533. The highest BCUT2D eigenvalue weighted by Crippen LogP contribution is 2.19. The van der Waals surface area contributed by atoms with E-state index in [1.54, 1.807) is 0 Å². The molecule has 2 aromatic carbocycles. The first-order valence-corrected chi connectivity index (χ1v) is 6.48. The Bertz CT molecular complexity index is 569. The van der Waals surface area contributed by atoms with Gasteiger partial charge in [-0.1, -0.05) is 60.2 Å². The Balaban J connectivity index is 2.14. The number of aryl methyl sites for hydroxylation is 1. The number of nitriles is 1. The Labute approximate surface area is 114 Å². The molecular formula is C17H18N2. The highest BCUT2D eigenvalue weighted by molar-refractivity contribution is 5.29. The van der Waals surface area contributed by atoms with Crippen molar-refractivity contribution in [3.63, 3.8) is 0 Å². The smallest absolute Gasteiger partial charge is 0.121 e. The van der Waals surface area contributed by atoms with Gasteiger partial charge in [0.2, 0.25) is 0 Å². The van der Waals surface area contributed by atoms with Gasteiger partial charge in [0.1, 0.15) is 6.04 Å². The Kier molecular flexibility index (Phi) is 4.33. The molecule has 2 atom stereocenters. The van der Waals surface area contributed by atoms with E-state index in [1.165, 1.54) is 11.1 Å². The number of rotatable bonds is 4. The van der Waals surface area contributed by atoms with E-state index in [2.05, 4.69) is 36.5 Å². The summed E-state index contributed by atoms with van der Waals surface area (Å²) in [5.74, 6) is 0. The van der Waals surface area contributed by atoms with Crippen LogP contribution in [0.25, 0.3) is 0 Å². The first-order valence-electron chi connectivity index (χ1n) is 6.48. The third-order valence-electron chi connectivity index (χ3n) is 3.22. The van der Waals surface area contributed by atoms with Crippen LogP contribution >= 0.6 is 0 Å². The topological polar surface area (TPSA) is 35.8 Å². The molecule has 0 bridgehead atoms. The summed E-state index contributed by atoms with van der Waals surface area (Å²) < 4.78 is 0. The molecule has 1 N–H and O–H groups in total. The summed E-state index contributed by atoms with van der Waals surface area (Å²) in [5, 5.41) is 12.7. The first-order chi connectivity index (χ1) is 9.20. The van der Waals surface area contributed by atoms with E-state index >= 15 is 0 Å². The van der Waals surface area contributed by atoms with E-state index in [0.717, 1.165) is 5.56 Å². The fourth-order valence-electron chi connectivity index (χ4n) is 2.15. The Morgan fingerprint density at radius 1 is 1.00 bits per heavy atom. The standard InChI is InChI=1S/C17H18N2/c1-13-7-6-10-16(11-13)17(12-18)19-14(2)15-8-4-3-5-9-15/h3-11,14,17,19H,1-2H3/t14-,17+/m1/s1. The maximum atomic E-state index is 9.35. The lowest BCUT2D eigenvalue weighted by Gasteiger charge is -2.19. The summed E-state index contributed by atoms with van der Waals surface area (Å²) in [5.41, 5.74) is 3.38. The normalized spacial score (nSPS) is 13.5. The van der Waals surface area contributed by atoms with Crippen molar-refractivity contribution in [1.29, 1.82) is 5.26 Å². The zero-order valence-corrected chi connectivity index (χ0v) is 11.3. The molecule has 0 aromatic heterocycles. The number of benzene rings is 2. The van der Waals surface area contributed by atoms with E-state index in [0.29, 0.717) is 0 Å². The van der Waals surface area contributed by atoms with Crippen molar-refractivity contribution in [2.45, 2.75) is 25.9 Å². The zero-order chi connectivity index (χ0) is 13.7. The monoisotopic (exact) mass is 250 g/mol. The largest absolute Gasteiger partial charge is 0.292 e. The van der Waals surface area contributed by atoms with Gasteiger partial charge >= 0.3 is 0 Å². The maximum Gasteiger partial charge on any atom is 0.121 e. The third-order valence-corrected chi connectivity index (χ3v) is 3.22. The molecule has 0 amide bonds. The van der Waals surface area contributed by atoms with E-state index in [1.807, 2.05) is 43.3 Å². The number of hydrogen-bond donors (Lipinski definition) is 1. The molecule has 0 aliphatic carbocycles. The SMILES string of the molecule is Cc1cccc([C@H](C#N)N[C@H](C)c2ccccc2)c1. The van der Waals surface area contributed by atoms with Crippen molar-refractivity contribution in [3.8, 4) is 6.07 Å². The van der Waals surface area contributed by atoms with Crippen LogP contribution in [-0.4, -0.2) is 0 Å². The second kappa shape index (κ2) is 6.17. The molecule has 2 nitrogen and oxygen atoms in total. The van der Waals surface area contributed by atoms with E-state index < -0.39 is 0 Å². The lowest BCUT2D eigenvalue weighted by atomic mass is 10.0. The van der Waals surface area contributed by atoms with Gasteiger partial charge in [0.15, 0.2) is 0 Å². The molecule has 96 valence electrons. The summed E-state index contributed by atoms with van der Waals surface area (Å²) in [4.78, 5) is 0. The van der Waals surface area contributed by atoms with Crippen LogP contribution in [0.4, 0.5) is 0 Å². The van der Waals surface area contributed by atoms with Crippen LogP contribution in [0.3, 0.4) is 0 Å². The van der Waals surface area contributed by atoms with Gasteiger partial charge in [0.05, 0.1) is 6.07 Å². The molecular weight excluding hydrogens is 232 g/mol. The molecule has 0 radical (unpaired) electrons. The van der Waals surface area contributed by atoms with E-state index in [-0.39, 0.29) is 12.1 Å². The van der Waals surface area contributed by atoms with Crippen LogP contribution in [-0.2, 0) is 0 Å². The van der Waals surface area contributed by atoms with Gasteiger partial charge in [-0.25, -0.2) is 0 Å². The van der Waals surface area contributed by atoms with Crippen LogP contribution in [0, 0.1) is 18.3 Å².